The second kappa shape index (κ2) is 9.78. The summed E-state index contributed by atoms with van der Waals surface area (Å²) in [6, 6.07) is 12.1. The zero-order chi connectivity index (χ0) is 22.3. The third-order valence-electron chi connectivity index (χ3n) is 3.93. The summed E-state index contributed by atoms with van der Waals surface area (Å²) in [6.45, 7) is 9.28. The lowest BCUT2D eigenvalue weighted by Crippen LogP contribution is -2.44. The Balaban J connectivity index is 1.80. The van der Waals surface area contributed by atoms with Crippen LogP contribution in [-0.2, 0) is 9.53 Å². The van der Waals surface area contributed by atoms with Crippen molar-refractivity contribution < 1.29 is 19.1 Å². The van der Waals surface area contributed by atoms with Crippen molar-refractivity contribution in [3.05, 3.63) is 59.2 Å². The first-order chi connectivity index (χ1) is 14.0. The molecule has 0 atom stereocenters. The molecule has 0 bridgehead atoms. The Morgan fingerprint density at radius 2 is 1.60 bits per heavy atom. The molecule has 160 valence electrons. The van der Waals surface area contributed by atoms with Gasteiger partial charge in [-0.2, -0.15) is 0 Å². The summed E-state index contributed by atoms with van der Waals surface area (Å²) in [5, 5.41) is 5.61. The number of anilines is 2. The van der Waals surface area contributed by atoms with Crippen LogP contribution in [0.2, 0.25) is 0 Å². The molecule has 0 saturated heterocycles. The number of benzene rings is 2. The summed E-state index contributed by atoms with van der Waals surface area (Å²) in [5.74, 6) is -0.856. The van der Waals surface area contributed by atoms with Crippen molar-refractivity contribution in [3.8, 4) is 0 Å². The highest BCUT2D eigenvalue weighted by atomic mass is 16.6. The molecule has 0 unspecified atom stereocenters. The second-order valence-electron chi connectivity index (χ2n) is 7.88. The van der Waals surface area contributed by atoms with E-state index < -0.39 is 17.6 Å². The molecule has 0 aliphatic heterocycles. The van der Waals surface area contributed by atoms with E-state index in [0.717, 1.165) is 16.8 Å². The fraction of sp³-hybridized carbons (Fsp3) is 0.318. The van der Waals surface area contributed by atoms with E-state index in [4.69, 9.17) is 4.74 Å². The molecule has 4 N–H and O–H groups in total. The van der Waals surface area contributed by atoms with Gasteiger partial charge in [-0.05, 0) is 70.5 Å². The molecule has 0 heterocycles. The lowest BCUT2D eigenvalue weighted by molar-refractivity contribution is -0.120. The fourth-order valence-electron chi connectivity index (χ4n) is 2.56. The zero-order valence-electron chi connectivity index (χ0n) is 17.9. The molecule has 3 amide bonds. The molecule has 0 spiro atoms. The lowest BCUT2D eigenvalue weighted by atomic mass is 10.1. The van der Waals surface area contributed by atoms with Gasteiger partial charge in [0.25, 0.3) is 11.8 Å². The molecule has 2 aromatic carbocycles. The summed E-state index contributed by atoms with van der Waals surface area (Å²) in [4.78, 5) is 35.9. The first-order valence-electron chi connectivity index (χ1n) is 9.54. The van der Waals surface area contributed by atoms with Gasteiger partial charge in [-0.1, -0.05) is 17.7 Å². The minimum absolute atomic E-state index is 0.0168. The fourth-order valence-corrected chi connectivity index (χ4v) is 2.56. The van der Waals surface area contributed by atoms with Gasteiger partial charge >= 0.3 is 6.09 Å². The Morgan fingerprint density at radius 1 is 0.933 bits per heavy atom. The number of rotatable bonds is 5. The second-order valence-corrected chi connectivity index (χ2v) is 7.88. The predicted molar refractivity (Wildman–Crippen MR) is 116 cm³/mol. The number of aryl methyl sites for hydroxylation is 2. The topological polar surface area (TPSA) is 109 Å². The molecule has 0 aliphatic carbocycles. The van der Waals surface area contributed by atoms with Crippen LogP contribution in [0, 0.1) is 13.8 Å². The first-order valence-corrected chi connectivity index (χ1v) is 9.54. The van der Waals surface area contributed by atoms with Crippen LogP contribution in [-0.4, -0.2) is 30.1 Å². The number of nitrogens with one attached hydrogen (secondary N) is 4. The number of amides is 3. The van der Waals surface area contributed by atoms with Gasteiger partial charge in [0.05, 0.1) is 6.54 Å². The van der Waals surface area contributed by atoms with Gasteiger partial charge in [-0.15, -0.1) is 0 Å². The van der Waals surface area contributed by atoms with Crippen LogP contribution >= 0.6 is 0 Å². The number of carbonyl (C=O) groups excluding carboxylic acids is 3. The summed E-state index contributed by atoms with van der Waals surface area (Å²) in [6.07, 6.45) is -0.580. The van der Waals surface area contributed by atoms with Crippen LogP contribution in [0.15, 0.2) is 42.5 Å². The quantitative estimate of drug-likeness (QED) is 0.562. The minimum Gasteiger partial charge on any atom is -0.444 e. The monoisotopic (exact) mass is 412 g/mol. The number of hydrogen-bond donors (Lipinski definition) is 4. The molecule has 2 aromatic rings. The standard InChI is InChI=1S/C22H28N4O4/c1-14-6-11-18(15(2)12-14)23-13-19(27)25-26-20(28)16-7-9-17(10-8-16)24-21(29)30-22(3,4)5/h6-12,23H,13H2,1-5H3,(H,24,29)(H,25,27)(H,26,28). The largest absolute Gasteiger partial charge is 0.444 e. The summed E-state index contributed by atoms with van der Waals surface area (Å²) in [5.41, 5.74) is 7.97. The van der Waals surface area contributed by atoms with E-state index in [9.17, 15) is 14.4 Å². The maximum Gasteiger partial charge on any atom is 0.412 e. The number of ether oxygens (including phenoxy) is 1. The molecule has 0 saturated carbocycles. The molecule has 0 radical (unpaired) electrons. The maximum absolute atomic E-state index is 12.2. The van der Waals surface area contributed by atoms with Gasteiger partial charge in [-0.3, -0.25) is 25.8 Å². The summed E-state index contributed by atoms with van der Waals surface area (Å²) < 4.78 is 5.17. The third kappa shape index (κ3) is 7.46. The highest BCUT2D eigenvalue weighted by Crippen LogP contribution is 2.15. The highest BCUT2D eigenvalue weighted by molar-refractivity contribution is 5.96. The first kappa shape index (κ1) is 22.7. The van der Waals surface area contributed by atoms with Crippen molar-refractivity contribution in [3.63, 3.8) is 0 Å². The van der Waals surface area contributed by atoms with Gasteiger partial charge in [0, 0.05) is 16.9 Å². The molecular formula is C22H28N4O4. The van der Waals surface area contributed by atoms with Crippen molar-refractivity contribution in [1.29, 1.82) is 0 Å². The van der Waals surface area contributed by atoms with E-state index in [1.165, 1.54) is 12.1 Å². The number of hydrogen-bond acceptors (Lipinski definition) is 5. The molecular weight excluding hydrogens is 384 g/mol. The molecule has 8 heteroatoms. The smallest absolute Gasteiger partial charge is 0.412 e. The predicted octanol–water partition coefficient (Wildman–Crippen LogP) is 3.52. The normalized spacial score (nSPS) is 10.7. The van der Waals surface area contributed by atoms with Crippen molar-refractivity contribution in [2.45, 2.75) is 40.2 Å². The van der Waals surface area contributed by atoms with Gasteiger partial charge in [-0.25, -0.2) is 4.79 Å². The van der Waals surface area contributed by atoms with Crippen LogP contribution < -0.4 is 21.5 Å². The Morgan fingerprint density at radius 3 is 2.20 bits per heavy atom. The maximum atomic E-state index is 12.2. The molecule has 2 rings (SSSR count). The van der Waals surface area contributed by atoms with E-state index in [-0.39, 0.29) is 12.5 Å². The van der Waals surface area contributed by atoms with E-state index >= 15 is 0 Å². The van der Waals surface area contributed by atoms with E-state index in [1.54, 1.807) is 32.9 Å². The van der Waals surface area contributed by atoms with Gasteiger partial charge in [0.1, 0.15) is 5.60 Å². The zero-order valence-corrected chi connectivity index (χ0v) is 17.9. The van der Waals surface area contributed by atoms with Gasteiger partial charge in [0.15, 0.2) is 0 Å². The number of carbonyl (C=O) groups is 3. The Hall–Kier alpha value is -3.55. The van der Waals surface area contributed by atoms with E-state index in [0.29, 0.717) is 11.3 Å². The average molecular weight is 412 g/mol. The molecule has 30 heavy (non-hydrogen) atoms. The van der Waals surface area contributed by atoms with Crippen LogP contribution in [0.1, 0.15) is 42.3 Å². The van der Waals surface area contributed by atoms with Crippen molar-refractivity contribution in [1.82, 2.24) is 10.9 Å². The molecule has 0 aromatic heterocycles. The van der Waals surface area contributed by atoms with Crippen molar-refractivity contribution in [2.24, 2.45) is 0 Å². The van der Waals surface area contributed by atoms with Gasteiger partial charge < -0.3 is 10.1 Å². The van der Waals surface area contributed by atoms with E-state index in [1.807, 2.05) is 32.0 Å². The van der Waals surface area contributed by atoms with Crippen LogP contribution in [0.3, 0.4) is 0 Å². The van der Waals surface area contributed by atoms with Gasteiger partial charge in [0.2, 0.25) is 0 Å². The SMILES string of the molecule is Cc1ccc(NCC(=O)NNC(=O)c2ccc(NC(=O)OC(C)(C)C)cc2)c(C)c1. The molecule has 0 aliphatic rings. The lowest BCUT2D eigenvalue weighted by Gasteiger charge is -2.19. The molecule has 8 nitrogen and oxygen atoms in total. The minimum atomic E-state index is -0.602. The Bertz CT molecular complexity index is 918. The van der Waals surface area contributed by atoms with Crippen LogP contribution in [0.5, 0.6) is 0 Å². The van der Waals surface area contributed by atoms with E-state index in [2.05, 4.69) is 21.5 Å². The summed E-state index contributed by atoms with van der Waals surface area (Å²) >= 11 is 0. The Kier molecular flexibility index (Phi) is 7.41. The van der Waals surface area contributed by atoms with Crippen LogP contribution in [0.4, 0.5) is 16.2 Å². The average Bonchev–Trinajstić information content (AvgIpc) is 2.64. The van der Waals surface area contributed by atoms with Crippen molar-refractivity contribution in [2.75, 3.05) is 17.2 Å². The summed E-state index contributed by atoms with van der Waals surface area (Å²) in [7, 11) is 0. The highest BCUT2D eigenvalue weighted by Gasteiger charge is 2.16. The Labute approximate surface area is 176 Å². The third-order valence-corrected chi connectivity index (χ3v) is 3.93. The van der Waals surface area contributed by atoms with Crippen molar-refractivity contribution >= 4 is 29.3 Å². The van der Waals surface area contributed by atoms with Crippen LogP contribution in [0.25, 0.3) is 0 Å². The molecule has 0 fully saturated rings. The number of hydrazine groups is 1.